The van der Waals surface area contributed by atoms with Crippen molar-refractivity contribution >= 4 is 33.0 Å². The fourth-order valence-corrected chi connectivity index (χ4v) is 6.56. The first-order chi connectivity index (χ1) is 15.4. The average molecular weight is 473 g/mol. The van der Waals surface area contributed by atoms with Crippen LogP contribution in [0.25, 0.3) is 0 Å². The molecule has 0 atom stereocenters. The van der Waals surface area contributed by atoms with Gasteiger partial charge in [0, 0.05) is 31.9 Å². The molecule has 1 aromatic heterocycles. The van der Waals surface area contributed by atoms with E-state index in [-0.39, 0.29) is 9.77 Å². The first kappa shape index (κ1) is 22.3. The summed E-state index contributed by atoms with van der Waals surface area (Å²) in [5, 5.41) is 1.64. The highest BCUT2D eigenvalue weighted by Crippen LogP contribution is 2.34. The van der Waals surface area contributed by atoms with Crippen molar-refractivity contribution in [2.75, 3.05) is 32.7 Å². The minimum atomic E-state index is -3.82. The molecule has 0 saturated heterocycles. The van der Waals surface area contributed by atoms with Gasteiger partial charge in [-0.2, -0.15) is 4.31 Å². The number of thiophene rings is 1. The standard InChI is InChI=1S/C23H24N2O5S2/c1-24(18-8-9-19(29-2)20(14-18)30-3)23(26)22-21(11-13-31-22)32(27,28)25-12-10-16-6-4-5-7-17(16)15-25/h4-9,11,13-14H,10,12,15H2,1-3H3. The Balaban J connectivity index is 1.62. The van der Waals surface area contributed by atoms with E-state index in [1.165, 1.54) is 29.5 Å². The van der Waals surface area contributed by atoms with Gasteiger partial charge in [-0.1, -0.05) is 24.3 Å². The second-order valence-corrected chi connectivity index (χ2v) is 10.2. The molecular weight excluding hydrogens is 448 g/mol. The number of sulfonamides is 1. The van der Waals surface area contributed by atoms with E-state index < -0.39 is 15.9 Å². The monoisotopic (exact) mass is 472 g/mol. The zero-order chi connectivity index (χ0) is 22.9. The number of anilines is 1. The maximum Gasteiger partial charge on any atom is 0.269 e. The molecule has 2 aromatic carbocycles. The van der Waals surface area contributed by atoms with E-state index in [0.29, 0.717) is 36.7 Å². The van der Waals surface area contributed by atoms with Gasteiger partial charge in [0.25, 0.3) is 5.91 Å². The average Bonchev–Trinajstić information content (AvgIpc) is 3.33. The third kappa shape index (κ3) is 3.99. The highest BCUT2D eigenvalue weighted by atomic mass is 32.2. The van der Waals surface area contributed by atoms with Crippen LogP contribution in [0.2, 0.25) is 0 Å². The maximum absolute atomic E-state index is 13.5. The number of amides is 1. The lowest BCUT2D eigenvalue weighted by molar-refractivity contribution is 0.0994. The Morgan fingerprint density at radius 3 is 2.47 bits per heavy atom. The van der Waals surface area contributed by atoms with E-state index in [4.69, 9.17) is 9.47 Å². The molecule has 9 heteroatoms. The number of rotatable bonds is 6. The number of methoxy groups -OCH3 is 2. The lowest BCUT2D eigenvalue weighted by atomic mass is 10.0. The number of benzene rings is 2. The van der Waals surface area contributed by atoms with Crippen LogP contribution in [-0.4, -0.2) is 46.4 Å². The molecule has 3 aromatic rings. The van der Waals surface area contributed by atoms with E-state index in [1.807, 2.05) is 24.3 Å². The summed E-state index contributed by atoms with van der Waals surface area (Å²) in [6, 6.07) is 14.5. The molecular formula is C23H24N2O5S2. The van der Waals surface area contributed by atoms with Crippen LogP contribution in [0.5, 0.6) is 11.5 Å². The molecule has 1 amide bonds. The number of nitrogens with zero attached hydrogens (tertiary/aromatic N) is 2. The molecule has 0 radical (unpaired) electrons. The van der Waals surface area contributed by atoms with Crippen molar-refractivity contribution in [2.45, 2.75) is 17.9 Å². The van der Waals surface area contributed by atoms with Crippen molar-refractivity contribution in [1.82, 2.24) is 4.31 Å². The van der Waals surface area contributed by atoms with Gasteiger partial charge in [-0.25, -0.2) is 8.42 Å². The van der Waals surface area contributed by atoms with E-state index in [9.17, 15) is 13.2 Å². The summed E-state index contributed by atoms with van der Waals surface area (Å²) >= 11 is 1.12. The molecule has 0 bridgehead atoms. The van der Waals surface area contributed by atoms with Crippen LogP contribution >= 0.6 is 11.3 Å². The second kappa shape index (κ2) is 8.93. The Morgan fingerprint density at radius 1 is 1.03 bits per heavy atom. The summed E-state index contributed by atoms with van der Waals surface area (Å²) in [6.45, 7) is 0.682. The van der Waals surface area contributed by atoms with Crippen molar-refractivity contribution in [1.29, 1.82) is 0 Å². The summed E-state index contributed by atoms with van der Waals surface area (Å²) in [4.78, 5) is 14.9. The number of hydrogen-bond donors (Lipinski definition) is 0. The Kier molecular flexibility index (Phi) is 6.23. The van der Waals surface area contributed by atoms with Gasteiger partial charge < -0.3 is 14.4 Å². The third-order valence-electron chi connectivity index (χ3n) is 5.60. The van der Waals surface area contributed by atoms with Crippen molar-refractivity contribution in [3.8, 4) is 11.5 Å². The SMILES string of the molecule is COc1ccc(N(C)C(=O)c2sccc2S(=O)(=O)N2CCc3ccccc3C2)cc1OC. The molecule has 1 aliphatic heterocycles. The van der Waals surface area contributed by atoms with Crippen LogP contribution < -0.4 is 14.4 Å². The first-order valence-electron chi connectivity index (χ1n) is 10.0. The van der Waals surface area contributed by atoms with Crippen LogP contribution in [0.3, 0.4) is 0 Å². The molecule has 32 heavy (non-hydrogen) atoms. The van der Waals surface area contributed by atoms with Crippen LogP contribution in [0, 0.1) is 0 Å². The zero-order valence-electron chi connectivity index (χ0n) is 18.1. The third-order valence-corrected chi connectivity index (χ3v) is 8.51. The molecule has 168 valence electrons. The summed E-state index contributed by atoms with van der Waals surface area (Å²) in [5.74, 6) is 0.626. The number of carbonyl (C=O) groups is 1. The second-order valence-electron chi connectivity index (χ2n) is 7.37. The van der Waals surface area contributed by atoms with Gasteiger partial charge in [0.05, 0.1) is 14.2 Å². The highest BCUT2D eigenvalue weighted by molar-refractivity contribution is 7.89. The quantitative estimate of drug-likeness (QED) is 0.546. The number of hydrogen-bond acceptors (Lipinski definition) is 6. The maximum atomic E-state index is 13.5. The van der Waals surface area contributed by atoms with Crippen LogP contribution in [-0.2, 0) is 23.0 Å². The summed E-state index contributed by atoms with van der Waals surface area (Å²) in [7, 11) is 0.837. The van der Waals surface area contributed by atoms with Crippen molar-refractivity contribution in [2.24, 2.45) is 0 Å². The predicted molar refractivity (Wildman–Crippen MR) is 124 cm³/mol. The molecule has 4 rings (SSSR count). The fourth-order valence-electron chi connectivity index (χ4n) is 3.77. The Bertz CT molecular complexity index is 1250. The van der Waals surface area contributed by atoms with E-state index in [2.05, 4.69) is 0 Å². The summed E-state index contributed by atoms with van der Waals surface area (Å²) < 4.78 is 38.9. The first-order valence-corrected chi connectivity index (χ1v) is 12.3. The molecule has 0 unspecified atom stereocenters. The number of fused-ring (bicyclic) bond motifs is 1. The molecule has 1 aliphatic rings. The largest absolute Gasteiger partial charge is 0.493 e. The van der Waals surface area contributed by atoms with Crippen LogP contribution in [0.4, 0.5) is 5.69 Å². The van der Waals surface area contributed by atoms with Crippen molar-refractivity contribution in [3.05, 3.63) is 69.9 Å². The smallest absolute Gasteiger partial charge is 0.269 e. The van der Waals surface area contributed by atoms with Gasteiger partial charge in [0.2, 0.25) is 10.0 Å². The van der Waals surface area contributed by atoms with E-state index >= 15 is 0 Å². The number of ether oxygens (including phenoxy) is 2. The van der Waals surface area contributed by atoms with Crippen molar-refractivity contribution in [3.63, 3.8) is 0 Å². The predicted octanol–water partition coefficient (Wildman–Crippen LogP) is 3.79. The minimum Gasteiger partial charge on any atom is -0.493 e. The number of carbonyl (C=O) groups excluding carboxylic acids is 1. The van der Waals surface area contributed by atoms with Gasteiger partial charge in [-0.15, -0.1) is 11.3 Å². The minimum absolute atomic E-state index is 0.0409. The molecule has 0 spiro atoms. The van der Waals surface area contributed by atoms with Gasteiger partial charge in [0.1, 0.15) is 9.77 Å². The fraction of sp³-hybridized carbons (Fsp3) is 0.261. The van der Waals surface area contributed by atoms with Crippen LogP contribution in [0.15, 0.2) is 58.8 Å². The van der Waals surface area contributed by atoms with E-state index in [0.717, 1.165) is 22.5 Å². The lowest BCUT2D eigenvalue weighted by Crippen LogP contribution is -2.37. The molecule has 0 fully saturated rings. The van der Waals surface area contributed by atoms with Gasteiger partial charge in [0.15, 0.2) is 11.5 Å². The zero-order valence-corrected chi connectivity index (χ0v) is 19.7. The normalized spacial score (nSPS) is 14.0. The topological polar surface area (TPSA) is 76.2 Å². The summed E-state index contributed by atoms with van der Waals surface area (Å²) in [5.41, 5.74) is 2.72. The molecule has 0 N–H and O–H groups in total. The Labute approximate surface area is 191 Å². The van der Waals surface area contributed by atoms with Crippen LogP contribution in [0.1, 0.15) is 20.8 Å². The summed E-state index contributed by atoms with van der Waals surface area (Å²) in [6.07, 6.45) is 0.647. The lowest BCUT2D eigenvalue weighted by Gasteiger charge is -2.28. The molecule has 7 nitrogen and oxygen atoms in total. The van der Waals surface area contributed by atoms with Crippen molar-refractivity contribution < 1.29 is 22.7 Å². The van der Waals surface area contributed by atoms with Gasteiger partial charge >= 0.3 is 0 Å². The van der Waals surface area contributed by atoms with Gasteiger partial charge in [-0.05, 0) is 41.1 Å². The van der Waals surface area contributed by atoms with Gasteiger partial charge in [-0.3, -0.25) is 4.79 Å². The molecule has 0 saturated carbocycles. The molecule has 2 heterocycles. The van der Waals surface area contributed by atoms with E-state index in [1.54, 1.807) is 30.6 Å². The molecule has 0 aliphatic carbocycles. The Morgan fingerprint density at radius 2 is 1.75 bits per heavy atom. The Hall–Kier alpha value is -2.88. The highest BCUT2D eigenvalue weighted by Gasteiger charge is 2.33.